The Hall–Kier alpha value is -0.397. The molecule has 0 saturated carbocycles. The first-order valence-electron chi connectivity index (χ1n) is 4.92. The van der Waals surface area contributed by atoms with E-state index in [4.69, 9.17) is 0 Å². The average molecular weight is 284 g/mol. The van der Waals surface area contributed by atoms with Gasteiger partial charge in [0.25, 0.3) is 0 Å². The second-order valence-electron chi connectivity index (χ2n) is 4.07. The van der Waals surface area contributed by atoms with Crippen molar-refractivity contribution < 1.29 is 29.2 Å². The summed E-state index contributed by atoms with van der Waals surface area (Å²) in [5.74, 6) is 0. The first kappa shape index (κ1) is 14.6. The summed E-state index contributed by atoms with van der Waals surface area (Å²) in [6, 6.07) is 4.07. The molecule has 1 rings (SSSR count). The van der Waals surface area contributed by atoms with Gasteiger partial charge in [-0.1, -0.05) is 12.2 Å². The van der Waals surface area contributed by atoms with Gasteiger partial charge in [0.05, 0.1) is 27.3 Å². The summed E-state index contributed by atoms with van der Waals surface area (Å²) in [6.45, 7) is 2.01. The Labute approximate surface area is 108 Å². The van der Waals surface area contributed by atoms with Crippen molar-refractivity contribution in [2.75, 3.05) is 21.1 Å². The van der Waals surface area contributed by atoms with E-state index in [1.807, 2.05) is 31.3 Å². The number of allylic oxidation sites excluding steroid dienone is 3. The Kier molecular flexibility index (Phi) is 7.63. The summed E-state index contributed by atoms with van der Waals surface area (Å²) in [7, 11) is 6.38. The molecule has 15 heavy (non-hydrogen) atoms. The SMILES string of the molecule is CC=CC=C[N+](C)(C)C.[Zr][c]1ccc[nH]1. The van der Waals surface area contributed by atoms with E-state index in [2.05, 4.69) is 44.5 Å². The number of aromatic nitrogens is 1. The summed E-state index contributed by atoms with van der Waals surface area (Å²) in [4.78, 5) is 3.04. The molecule has 1 aromatic rings. The predicted octanol–water partition coefficient (Wildman–Crippen LogP) is 1.97. The van der Waals surface area contributed by atoms with Gasteiger partial charge in [-0.15, -0.1) is 0 Å². The summed E-state index contributed by atoms with van der Waals surface area (Å²) < 4.78 is 2.19. The van der Waals surface area contributed by atoms with E-state index in [1.54, 1.807) is 0 Å². The Morgan fingerprint density at radius 2 is 1.93 bits per heavy atom. The molecule has 0 aliphatic heterocycles. The van der Waals surface area contributed by atoms with E-state index in [0.29, 0.717) is 0 Å². The first-order chi connectivity index (χ1) is 6.95. The van der Waals surface area contributed by atoms with E-state index in [9.17, 15) is 0 Å². The van der Waals surface area contributed by atoms with Crippen LogP contribution in [0.3, 0.4) is 0 Å². The molecule has 0 aliphatic carbocycles. The zero-order valence-electron chi connectivity index (χ0n) is 9.99. The first-order valence-corrected chi connectivity index (χ1v) is 6.15. The molecule has 0 unspecified atom stereocenters. The zero-order valence-corrected chi connectivity index (χ0v) is 12.4. The number of aromatic amines is 1. The van der Waals surface area contributed by atoms with Gasteiger partial charge >= 0.3 is 51.4 Å². The van der Waals surface area contributed by atoms with Crippen LogP contribution in [0, 0.1) is 0 Å². The van der Waals surface area contributed by atoms with Crippen molar-refractivity contribution >= 4 is 3.40 Å². The molecule has 1 N–H and O–H groups in total. The Bertz CT molecular complexity index is 292. The van der Waals surface area contributed by atoms with Gasteiger partial charge in [0.2, 0.25) is 0 Å². The monoisotopic (exact) mass is 282 g/mol. The fourth-order valence-corrected chi connectivity index (χ4v) is 1.19. The van der Waals surface area contributed by atoms with Crippen LogP contribution < -0.4 is 3.40 Å². The van der Waals surface area contributed by atoms with Crippen molar-refractivity contribution in [3.05, 3.63) is 42.8 Å². The van der Waals surface area contributed by atoms with Crippen molar-refractivity contribution in [3.8, 4) is 0 Å². The number of H-pyrrole nitrogens is 1. The molecule has 0 radical (unpaired) electrons. The second kappa shape index (κ2) is 7.84. The van der Waals surface area contributed by atoms with Gasteiger partial charge < -0.3 is 4.48 Å². The minimum absolute atomic E-state index is 0.879. The number of nitrogens with one attached hydrogen (secondary N) is 1. The molecular weight excluding hydrogens is 263 g/mol. The van der Waals surface area contributed by atoms with E-state index >= 15 is 0 Å². The van der Waals surface area contributed by atoms with E-state index < -0.39 is 0 Å². The van der Waals surface area contributed by atoms with Gasteiger partial charge in [-0.3, -0.25) is 0 Å². The molecule has 0 aliphatic rings. The molecule has 0 aromatic carbocycles. The molecule has 0 spiro atoms. The summed E-state index contributed by atoms with van der Waals surface area (Å²) >= 11 is 1.45. The number of quaternary nitrogens is 1. The number of hydrogen-bond donors (Lipinski definition) is 1. The van der Waals surface area contributed by atoms with Crippen LogP contribution in [0.25, 0.3) is 0 Å². The summed E-state index contributed by atoms with van der Waals surface area (Å²) in [5.41, 5.74) is 0. The number of hydrogen-bond acceptors (Lipinski definition) is 0. The van der Waals surface area contributed by atoms with Crippen LogP contribution >= 0.6 is 0 Å². The molecule has 81 valence electrons. The molecule has 0 fully saturated rings. The Balaban J connectivity index is 0.000000280. The van der Waals surface area contributed by atoms with Gasteiger partial charge in [-0.25, -0.2) is 0 Å². The third kappa shape index (κ3) is 11.5. The van der Waals surface area contributed by atoms with Gasteiger partial charge in [-0.2, -0.15) is 0 Å². The van der Waals surface area contributed by atoms with Crippen LogP contribution in [0.4, 0.5) is 0 Å². The molecule has 2 nitrogen and oxygen atoms in total. The minimum atomic E-state index is 0.879. The molecule has 0 amide bonds. The molecule has 3 heteroatoms. The molecule has 1 heterocycles. The maximum atomic E-state index is 3.04. The van der Waals surface area contributed by atoms with Crippen molar-refractivity contribution in [1.82, 2.24) is 4.98 Å². The topological polar surface area (TPSA) is 15.8 Å². The zero-order chi connectivity index (χ0) is 11.7. The molecule has 1 aromatic heterocycles. The molecule has 0 atom stereocenters. The number of rotatable bonds is 2. The summed E-state index contributed by atoms with van der Waals surface area (Å²) in [6.07, 6.45) is 10.2. The van der Waals surface area contributed by atoms with E-state index in [0.717, 1.165) is 4.48 Å². The third-order valence-corrected chi connectivity index (χ3v) is 2.20. The molecule has 0 saturated heterocycles. The Morgan fingerprint density at radius 3 is 2.20 bits per heavy atom. The van der Waals surface area contributed by atoms with Gasteiger partial charge in [0, 0.05) is 0 Å². The van der Waals surface area contributed by atoms with Crippen molar-refractivity contribution in [3.63, 3.8) is 0 Å². The second-order valence-corrected chi connectivity index (χ2v) is 5.39. The molecular formula is C12H20N2Zr+. The fraction of sp³-hybridized carbons (Fsp3) is 0.333. The maximum absolute atomic E-state index is 3.04. The van der Waals surface area contributed by atoms with E-state index in [1.165, 1.54) is 28.1 Å². The van der Waals surface area contributed by atoms with E-state index in [-0.39, 0.29) is 0 Å². The van der Waals surface area contributed by atoms with Crippen LogP contribution in [0.1, 0.15) is 6.92 Å². The quantitative estimate of drug-likeness (QED) is 0.631. The van der Waals surface area contributed by atoms with Crippen LogP contribution in [-0.4, -0.2) is 30.6 Å². The Morgan fingerprint density at radius 1 is 1.27 bits per heavy atom. The predicted molar refractivity (Wildman–Crippen MR) is 62.4 cm³/mol. The van der Waals surface area contributed by atoms with Crippen LogP contribution in [-0.2, 0) is 24.7 Å². The average Bonchev–Trinajstić information content (AvgIpc) is 2.55. The van der Waals surface area contributed by atoms with Gasteiger partial charge in [-0.05, 0) is 13.0 Å². The van der Waals surface area contributed by atoms with Crippen molar-refractivity contribution in [1.29, 1.82) is 0 Å². The van der Waals surface area contributed by atoms with Crippen LogP contribution in [0.5, 0.6) is 0 Å². The molecule has 0 bridgehead atoms. The van der Waals surface area contributed by atoms with Gasteiger partial charge in [0.1, 0.15) is 0 Å². The van der Waals surface area contributed by atoms with Crippen molar-refractivity contribution in [2.45, 2.75) is 6.92 Å². The van der Waals surface area contributed by atoms with Crippen LogP contribution in [0.2, 0.25) is 0 Å². The number of nitrogens with zero attached hydrogens (tertiary/aromatic N) is 1. The normalized spacial score (nSPS) is 11.7. The summed E-state index contributed by atoms with van der Waals surface area (Å²) in [5, 5.41) is 0. The van der Waals surface area contributed by atoms with Gasteiger partial charge in [0.15, 0.2) is 0 Å². The third-order valence-electron chi connectivity index (χ3n) is 1.43. The fourth-order valence-electron chi connectivity index (χ4n) is 0.749. The standard InChI is InChI=1S/C8H16N.C4H4N.Zr/c1-5-6-7-8-9(2,3)4;1-2-4-5-3-1;/h5-8H,1-4H3;1-3,5H;/q+1;;. The van der Waals surface area contributed by atoms with Crippen LogP contribution in [0.15, 0.2) is 42.8 Å². The van der Waals surface area contributed by atoms with Crippen molar-refractivity contribution in [2.24, 2.45) is 0 Å².